The molecule has 0 fully saturated rings. The topological polar surface area (TPSA) is 100 Å². The number of carbonyl (C=O) groups excluding carboxylic acids is 1. The van der Waals surface area contributed by atoms with Gasteiger partial charge >= 0.3 is 0 Å². The van der Waals surface area contributed by atoms with Crippen LogP contribution in [0.1, 0.15) is 34.1 Å². The molecule has 2 aromatic heterocycles. The summed E-state index contributed by atoms with van der Waals surface area (Å²) in [6.45, 7) is 6.32. The van der Waals surface area contributed by atoms with E-state index in [-0.39, 0.29) is 17.9 Å². The molecular formula is C20H21ClN4O3. The van der Waals surface area contributed by atoms with Crippen molar-refractivity contribution in [1.29, 1.82) is 0 Å². The third-order valence-corrected chi connectivity index (χ3v) is 4.54. The van der Waals surface area contributed by atoms with Crippen LogP contribution in [0.3, 0.4) is 0 Å². The predicted octanol–water partition coefficient (Wildman–Crippen LogP) is 3.66. The summed E-state index contributed by atoms with van der Waals surface area (Å²) < 4.78 is 5.32. The van der Waals surface area contributed by atoms with Crippen LogP contribution in [0, 0.1) is 13.8 Å². The van der Waals surface area contributed by atoms with Crippen molar-refractivity contribution in [3.05, 3.63) is 68.3 Å². The smallest absolute Gasteiger partial charge is 0.251 e. The number of H-pyrrole nitrogens is 1. The predicted molar refractivity (Wildman–Crippen MR) is 109 cm³/mol. The van der Waals surface area contributed by atoms with E-state index in [9.17, 15) is 9.59 Å². The van der Waals surface area contributed by atoms with Gasteiger partial charge in [0, 0.05) is 46.7 Å². The SMILES string of the molecule is CCNc1cc(Cl)cc(C(=O)NCc2c(-c3ncco3)[nH]c(C)cc2=O)c1C. The first kappa shape index (κ1) is 19.7. The number of amides is 1. The third kappa shape index (κ3) is 4.09. The normalized spacial score (nSPS) is 10.7. The van der Waals surface area contributed by atoms with Gasteiger partial charge in [-0.15, -0.1) is 0 Å². The molecule has 0 aliphatic carbocycles. The van der Waals surface area contributed by atoms with E-state index in [1.165, 1.54) is 18.5 Å². The fraction of sp³-hybridized carbons (Fsp3) is 0.250. The first-order valence-corrected chi connectivity index (χ1v) is 9.23. The molecule has 0 aliphatic rings. The standard InChI is InChI=1S/C20H21ClN4O3/c1-4-22-16-9-13(21)8-14(12(16)3)19(27)24-10-15-17(26)7-11(2)25-18(15)20-23-5-6-28-20/h5-9,22H,4,10H2,1-3H3,(H,24,27)(H,25,26). The van der Waals surface area contributed by atoms with E-state index < -0.39 is 0 Å². The number of aryl methyl sites for hydroxylation is 1. The molecule has 0 saturated heterocycles. The average molecular weight is 401 g/mol. The second kappa shape index (κ2) is 8.31. The molecule has 1 aromatic carbocycles. The molecule has 0 radical (unpaired) electrons. The summed E-state index contributed by atoms with van der Waals surface area (Å²) in [6.07, 6.45) is 2.92. The molecule has 8 heteroatoms. The number of aromatic nitrogens is 2. The van der Waals surface area contributed by atoms with E-state index >= 15 is 0 Å². The highest BCUT2D eigenvalue weighted by Gasteiger charge is 2.17. The van der Waals surface area contributed by atoms with E-state index in [2.05, 4.69) is 20.6 Å². The molecule has 0 unspecified atom stereocenters. The zero-order valence-corrected chi connectivity index (χ0v) is 16.6. The largest absolute Gasteiger partial charge is 0.443 e. The van der Waals surface area contributed by atoms with Crippen LogP contribution in [0.15, 0.2) is 39.9 Å². The van der Waals surface area contributed by atoms with Gasteiger partial charge in [-0.2, -0.15) is 0 Å². The van der Waals surface area contributed by atoms with Crippen molar-refractivity contribution < 1.29 is 9.21 Å². The van der Waals surface area contributed by atoms with Crippen LogP contribution in [-0.2, 0) is 6.54 Å². The Morgan fingerprint density at radius 3 is 2.75 bits per heavy atom. The van der Waals surface area contributed by atoms with Gasteiger partial charge in [-0.3, -0.25) is 9.59 Å². The molecular weight excluding hydrogens is 380 g/mol. The Morgan fingerprint density at radius 2 is 2.07 bits per heavy atom. The summed E-state index contributed by atoms with van der Waals surface area (Å²) in [6, 6.07) is 4.87. The number of carbonyl (C=O) groups is 1. The van der Waals surface area contributed by atoms with Gasteiger partial charge in [-0.1, -0.05) is 11.6 Å². The van der Waals surface area contributed by atoms with Crippen molar-refractivity contribution in [1.82, 2.24) is 15.3 Å². The maximum atomic E-state index is 12.8. The minimum Gasteiger partial charge on any atom is -0.443 e. The molecule has 28 heavy (non-hydrogen) atoms. The van der Waals surface area contributed by atoms with E-state index in [1.807, 2.05) is 13.8 Å². The first-order chi connectivity index (χ1) is 13.4. The van der Waals surface area contributed by atoms with Gasteiger partial charge < -0.3 is 20.0 Å². The second-order valence-corrected chi connectivity index (χ2v) is 6.78. The number of hydrogen-bond donors (Lipinski definition) is 3. The number of halogens is 1. The third-order valence-electron chi connectivity index (χ3n) is 4.33. The maximum Gasteiger partial charge on any atom is 0.251 e. The lowest BCUT2D eigenvalue weighted by Crippen LogP contribution is -2.27. The molecule has 1 amide bonds. The Bertz CT molecular complexity index is 1060. The molecule has 0 atom stereocenters. The Kier molecular flexibility index (Phi) is 5.84. The molecule has 2 heterocycles. The van der Waals surface area contributed by atoms with E-state index in [0.29, 0.717) is 40.0 Å². The number of anilines is 1. The second-order valence-electron chi connectivity index (χ2n) is 6.35. The number of rotatable bonds is 6. The summed E-state index contributed by atoms with van der Waals surface area (Å²) in [5, 5.41) is 6.45. The molecule has 3 rings (SSSR count). The Hall–Kier alpha value is -3.06. The van der Waals surface area contributed by atoms with Gasteiger partial charge in [0.15, 0.2) is 5.43 Å². The molecule has 0 spiro atoms. The summed E-state index contributed by atoms with van der Waals surface area (Å²) in [7, 11) is 0. The molecule has 146 valence electrons. The number of aromatic amines is 1. The number of pyridine rings is 1. The van der Waals surface area contributed by atoms with Crippen LogP contribution in [0.25, 0.3) is 11.6 Å². The van der Waals surface area contributed by atoms with Crippen LogP contribution < -0.4 is 16.1 Å². The minimum absolute atomic E-state index is 0.0225. The van der Waals surface area contributed by atoms with Crippen molar-refractivity contribution in [3.8, 4) is 11.6 Å². The van der Waals surface area contributed by atoms with Gasteiger partial charge in [0.1, 0.15) is 12.0 Å². The molecule has 0 saturated carbocycles. The van der Waals surface area contributed by atoms with Gasteiger partial charge in [-0.25, -0.2) is 4.98 Å². The van der Waals surface area contributed by atoms with Gasteiger partial charge in [0.2, 0.25) is 5.89 Å². The zero-order valence-electron chi connectivity index (χ0n) is 15.9. The van der Waals surface area contributed by atoms with Crippen LogP contribution in [-0.4, -0.2) is 22.4 Å². The fourth-order valence-electron chi connectivity index (χ4n) is 2.97. The maximum absolute atomic E-state index is 12.8. The van der Waals surface area contributed by atoms with Crippen LogP contribution in [0.4, 0.5) is 5.69 Å². The first-order valence-electron chi connectivity index (χ1n) is 8.85. The Labute approximate surface area is 167 Å². The van der Waals surface area contributed by atoms with Gasteiger partial charge in [-0.05, 0) is 38.5 Å². The number of benzene rings is 1. The number of nitrogens with zero attached hydrogens (tertiary/aromatic N) is 1. The number of oxazole rings is 1. The lowest BCUT2D eigenvalue weighted by atomic mass is 10.1. The summed E-state index contributed by atoms with van der Waals surface area (Å²) in [5.74, 6) is -0.0316. The van der Waals surface area contributed by atoms with Crippen LogP contribution in [0.5, 0.6) is 0 Å². The molecule has 7 nitrogen and oxygen atoms in total. The van der Waals surface area contributed by atoms with Crippen molar-refractivity contribution in [2.75, 3.05) is 11.9 Å². The van der Waals surface area contributed by atoms with E-state index in [4.69, 9.17) is 16.0 Å². The number of hydrogen-bond acceptors (Lipinski definition) is 5. The molecule has 0 aliphatic heterocycles. The summed E-state index contributed by atoms with van der Waals surface area (Å²) >= 11 is 6.16. The van der Waals surface area contributed by atoms with E-state index in [1.54, 1.807) is 19.1 Å². The summed E-state index contributed by atoms with van der Waals surface area (Å²) in [5.41, 5.74) is 3.32. The minimum atomic E-state index is -0.322. The Morgan fingerprint density at radius 1 is 1.29 bits per heavy atom. The highest BCUT2D eigenvalue weighted by molar-refractivity contribution is 6.31. The van der Waals surface area contributed by atoms with Crippen molar-refractivity contribution in [3.63, 3.8) is 0 Å². The van der Waals surface area contributed by atoms with Crippen LogP contribution in [0.2, 0.25) is 5.02 Å². The lowest BCUT2D eigenvalue weighted by Gasteiger charge is -2.14. The molecule has 3 aromatic rings. The van der Waals surface area contributed by atoms with Gasteiger partial charge in [0.25, 0.3) is 5.91 Å². The highest BCUT2D eigenvalue weighted by Crippen LogP contribution is 2.25. The quantitative estimate of drug-likeness (QED) is 0.586. The van der Waals surface area contributed by atoms with Crippen molar-refractivity contribution >= 4 is 23.2 Å². The zero-order chi connectivity index (χ0) is 20.3. The number of nitrogens with one attached hydrogen (secondary N) is 3. The van der Waals surface area contributed by atoms with Crippen LogP contribution >= 0.6 is 11.6 Å². The fourth-order valence-corrected chi connectivity index (χ4v) is 3.19. The van der Waals surface area contributed by atoms with Gasteiger partial charge in [0.05, 0.1) is 6.20 Å². The van der Waals surface area contributed by atoms with E-state index in [0.717, 1.165) is 11.3 Å². The lowest BCUT2D eigenvalue weighted by molar-refractivity contribution is 0.0950. The summed E-state index contributed by atoms with van der Waals surface area (Å²) in [4.78, 5) is 32.5. The molecule has 0 bridgehead atoms. The van der Waals surface area contributed by atoms with Crippen molar-refractivity contribution in [2.24, 2.45) is 0 Å². The Balaban J connectivity index is 1.90. The van der Waals surface area contributed by atoms with Crippen molar-refractivity contribution in [2.45, 2.75) is 27.3 Å². The molecule has 3 N–H and O–H groups in total. The highest BCUT2D eigenvalue weighted by atomic mass is 35.5. The average Bonchev–Trinajstić information content (AvgIpc) is 3.17. The monoisotopic (exact) mass is 400 g/mol.